The molecule has 0 atom stereocenters. The Morgan fingerprint density at radius 1 is 1.10 bits per heavy atom. The fraction of sp³-hybridized carbons (Fsp3) is 0.0714. The highest BCUT2D eigenvalue weighted by atomic mass is 32.1. The molecule has 0 amide bonds. The van der Waals surface area contributed by atoms with Crippen LogP contribution in [0.25, 0.3) is 16.7 Å². The molecule has 0 saturated heterocycles. The number of fused-ring (bicyclic) bond motifs is 1. The predicted octanol–water partition coefficient (Wildman–Crippen LogP) is 3.97. The largest absolute Gasteiger partial charge is 0.494 e. The van der Waals surface area contributed by atoms with Gasteiger partial charge in [0, 0.05) is 12.1 Å². The van der Waals surface area contributed by atoms with Crippen LogP contribution in [0.5, 0.6) is 5.75 Å². The van der Waals surface area contributed by atoms with Crippen molar-refractivity contribution in [3.05, 3.63) is 52.8 Å². The van der Waals surface area contributed by atoms with Crippen molar-refractivity contribution in [3.8, 4) is 11.4 Å². The minimum absolute atomic E-state index is 0.325. The van der Waals surface area contributed by atoms with E-state index in [0.29, 0.717) is 27.2 Å². The molecular weight excluding hydrogens is 282 g/mol. The maximum absolute atomic E-state index is 13.4. The molecule has 1 N–H and O–H groups in total. The molecule has 2 aromatic carbocycles. The number of halogens is 2. The number of aromatic nitrogens is 2. The Labute approximate surface area is 118 Å². The minimum Gasteiger partial charge on any atom is -0.494 e. The molecule has 0 unspecified atom stereocenters. The van der Waals surface area contributed by atoms with Crippen molar-refractivity contribution in [3.63, 3.8) is 0 Å². The Hall–Kier alpha value is -2.21. The zero-order chi connectivity index (χ0) is 14.3. The van der Waals surface area contributed by atoms with Gasteiger partial charge in [0.2, 0.25) is 0 Å². The van der Waals surface area contributed by atoms with Gasteiger partial charge in [-0.15, -0.1) is 0 Å². The van der Waals surface area contributed by atoms with Crippen LogP contribution in [0.15, 0.2) is 36.4 Å². The van der Waals surface area contributed by atoms with E-state index in [-0.39, 0.29) is 5.82 Å². The Morgan fingerprint density at radius 3 is 2.55 bits per heavy atom. The van der Waals surface area contributed by atoms with Crippen molar-refractivity contribution in [1.82, 2.24) is 9.55 Å². The lowest BCUT2D eigenvalue weighted by Gasteiger charge is -2.10. The normalized spacial score (nSPS) is 10.9. The van der Waals surface area contributed by atoms with Gasteiger partial charge >= 0.3 is 0 Å². The second kappa shape index (κ2) is 4.72. The topological polar surface area (TPSA) is 29.9 Å². The van der Waals surface area contributed by atoms with Gasteiger partial charge in [0.1, 0.15) is 17.4 Å². The van der Waals surface area contributed by atoms with E-state index < -0.39 is 5.82 Å². The Morgan fingerprint density at radius 2 is 1.80 bits per heavy atom. The van der Waals surface area contributed by atoms with Crippen molar-refractivity contribution >= 4 is 23.3 Å². The summed E-state index contributed by atoms with van der Waals surface area (Å²) >= 11 is 5.25. The third kappa shape index (κ3) is 1.98. The average Bonchev–Trinajstić information content (AvgIpc) is 2.74. The van der Waals surface area contributed by atoms with Gasteiger partial charge in [0.05, 0.1) is 23.8 Å². The number of nitrogens with zero attached hydrogens (tertiary/aromatic N) is 1. The van der Waals surface area contributed by atoms with Gasteiger partial charge in [-0.1, -0.05) is 0 Å². The van der Waals surface area contributed by atoms with E-state index in [2.05, 4.69) is 4.98 Å². The zero-order valence-electron chi connectivity index (χ0n) is 10.5. The molecule has 0 aliphatic carbocycles. The van der Waals surface area contributed by atoms with Crippen LogP contribution in [0.3, 0.4) is 0 Å². The molecule has 0 spiro atoms. The summed E-state index contributed by atoms with van der Waals surface area (Å²) in [5.41, 5.74) is 1.82. The number of nitrogens with one attached hydrogen (secondary N) is 1. The third-order valence-electron chi connectivity index (χ3n) is 3.03. The van der Waals surface area contributed by atoms with Gasteiger partial charge in [-0.25, -0.2) is 8.78 Å². The third-order valence-corrected chi connectivity index (χ3v) is 3.31. The van der Waals surface area contributed by atoms with Gasteiger partial charge < -0.3 is 9.72 Å². The number of hydrogen-bond acceptors (Lipinski definition) is 2. The Bertz CT molecular complexity index is 854. The van der Waals surface area contributed by atoms with Crippen LogP contribution in [-0.4, -0.2) is 16.7 Å². The second-order valence-corrected chi connectivity index (χ2v) is 4.63. The lowest BCUT2D eigenvalue weighted by molar-refractivity contribution is 0.409. The van der Waals surface area contributed by atoms with Gasteiger partial charge in [0.25, 0.3) is 0 Å². The summed E-state index contributed by atoms with van der Waals surface area (Å²) in [7, 11) is 1.44. The van der Waals surface area contributed by atoms with Crippen molar-refractivity contribution in [2.75, 3.05) is 7.11 Å². The number of aromatic amines is 1. The molecule has 6 heteroatoms. The second-order valence-electron chi connectivity index (χ2n) is 4.24. The fourth-order valence-electron chi connectivity index (χ4n) is 2.15. The van der Waals surface area contributed by atoms with Crippen LogP contribution in [0.4, 0.5) is 8.78 Å². The molecule has 0 fully saturated rings. The molecule has 3 aromatic rings. The monoisotopic (exact) mass is 292 g/mol. The van der Waals surface area contributed by atoms with Crippen LogP contribution >= 0.6 is 12.2 Å². The average molecular weight is 292 g/mol. The summed E-state index contributed by atoms with van der Waals surface area (Å²) in [6.07, 6.45) is 0. The lowest BCUT2D eigenvalue weighted by atomic mass is 10.2. The minimum atomic E-state index is -0.414. The summed E-state index contributed by atoms with van der Waals surface area (Å²) in [5, 5.41) is 0. The summed E-state index contributed by atoms with van der Waals surface area (Å²) in [4.78, 5) is 2.98. The molecular formula is C14H10F2N2OS. The van der Waals surface area contributed by atoms with E-state index in [4.69, 9.17) is 17.0 Å². The molecule has 20 heavy (non-hydrogen) atoms. The lowest BCUT2D eigenvalue weighted by Crippen LogP contribution is -1.99. The van der Waals surface area contributed by atoms with Gasteiger partial charge in [0.15, 0.2) is 4.77 Å². The van der Waals surface area contributed by atoms with Gasteiger partial charge in [-0.3, -0.25) is 4.57 Å². The summed E-state index contributed by atoms with van der Waals surface area (Å²) in [6, 6.07) is 8.42. The Balaban J connectivity index is 2.37. The first-order chi connectivity index (χ1) is 9.60. The Kier molecular flexibility index (Phi) is 3.02. The molecule has 102 valence electrons. The standard InChI is InChI=1S/C14H10F2N2OS/c1-19-13-7-9(16)3-5-11(13)18-12-6-8(15)2-4-10(12)17-14(18)20/h2-7H,1H3,(H,17,20). The maximum Gasteiger partial charge on any atom is 0.182 e. The van der Waals surface area contributed by atoms with E-state index >= 15 is 0 Å². The van der Waals surface area contributed by atoms with Crippen LogP contribution in [0.1, 0.15) is 0 Å². The first kappa shape index (κ1) is 12.8. The highest BCUT2D eigenvalue weighted by molar-refractivity contribution is 7.71. The van der Waals surface area contributed by atoms with Crippen molar-refractivity contribution in [2.24, 2.45) is 0 Å². The number of rotatable bonds is 2. The smallest absolute Gasteiger partial charge is 0.182 e. The van der Waals surface area contributed by atoms with Crippen LogP contribution in [-0.2, 0) is 0 Å². The first-order valence-electron chi connectivity index (χ1n) is 5.84. The molecule has 1 aromatic heterocycles. The fourth-order valence-corrected chi connectivity index (χ4v) is 2.46. The first-order valence-corrected chi connectivity index (χ1v) is 6.25. The quantitative estimate of drug-likeness (QED) is 0.724. The molecule has 0 radical (unpaired) electrons. The number of benzene rings is 2. The number of hydrogen-bond donors (Lipinski definition) is 1. The van der Waals surface area contributed by atoms with Crippen molar-refractivity contribution in [1.29, 1.82) is 0 Å². The summed E-state index contributed by atoms with van der Waals surface area (Å²) in [5.74, 6) is -0.462. The van der Waals surface area contributed by atoms with Crippen LogP contribution in [0.2, 0.25) is 0 Å². The SMILES string of the molecule is COc1cc(F)ccc1-n1c(=S)[nH]c2ccc(F)cc21. The molecule has 0 bridgehead atoms. The number of H-pyrrole nitrogens is 1. The molecule has 0 saturated carbocycles. The van der Waals surface area contributed by atoms with Gasteiger partial charge in [-0.05, 0) is 36.5 Å². The molecule has 0 aliphatic heterocycles. The van der Waals surface area contributed by atoms with Crippen LogP contribution < -0.4 is 4.74 Å². The molecule has 1 heterocycles. The predicted molar refractivity (Wildman–Crippen MR) is 74.9 cm³/mol. The highest BCUT2D eigenvalue weighted by Crippen LogP contribution is 2.28. The summed E-state index contributed by atoms with van der Waals surface area (Å²) < 4.78 is 33.9. The molecule has 0 aliphatic rings. The summed E-state index contributed by atoms with van der Waals surface area (Å²) in [6.45, 7) is 0. The highest BCUT2D eigenvalue weighted by Gasteiger charge is 2.12. The number of methoxy groups -OCH3 is 1. The van der Waals surface area contributed by atoms with Crippen molar-refractivity contribution < 1.29 is 13.5 Å². The van der Waals surface area contributed by atoms with Crippen LogP contribution in [0, 0.1) is 16.4 Å². The zero-order valence-corrected chi connectivity index (χ0v) is 11.3. The van der Waals surface area contributed by atoms with E-state index in [1.807, 2.05) is 0 Å². The molecule has 3 rings (SSSR count). The number of imidazole rings is 1. The van der Waals surface area contributed by atoms with E-state index in [0.717, 1.165) is 0 Å². The number of ether oxygens (including phenoxy) is 1. The maximum atomic E-state index is 13.4. The van der Waals surface area contributed by atoms with E-state index in [9.17, 15) is 8.78 Å². The van der Waals surface area contributed by atoms with E-state index in [1.54, 1.807) is 16.7 Å². The van der Waals surface area contributed by atoms with Crippen molar-refractivity contribution in [2.45, 2.75) is 0 Å². The molecule has 3 nitrogen and oxygen atoms in total. The van der Waals surface area contributed by atoms with Gasteiger partial charge in [-0.2, -0.15) is 0 Å². The van der Waals surface area contributed by atoms with E-state index in [1.165, 1.54) is 31.4 Å².